The van der Waals surface area contributed by atoms with E-state index in [2.05, 4.69) is 23.3 Å². The van der Waals surface area contributed by atoms with E-state index >= 15 is 0 Å². The molecule has 2 aliphatic heterocycles. The number of amides is 2. The predicted octanol–water partition coefficient (Wildman–Crippen LogP) is 3.49. The van der Waals surface area contributed by atoms with Gasteiger partial charge in [-0.2, -0.15) is 0 Å². The molecule has 1 aliphatic carbocycles. The molecule has 1 spiro atoms. The fourth-order valence-electron chi connectivity index (χ4n) is 5.91. The molecule has 2 amide bonds. The Bertz CT molecular complexity index is 873. The van der Waals surface area contributed by atoms with Crippen LogP contribution in [0.15, 0.2) is 30.4 Å². The minimum absolute atomic E-state index is 0.128. The van der Waals surface area contributed by atoms with Gasteiger partial charge in [-0.1, -0.05) is 18.6 Å². The molecule has 6 heteroatoms. The van der Waals surface area contributed by atoms with E-state index in [1.54, 1.807) is 18.2 Å². The van der Waals surface area contributed by atoms with E-state index in [1.165, 1.54) is 25.3 Å². The van der Waals surface area contributed by atoms with Crippen molar-refractivity contribution in [3.63, 3.8) is 0 Å². The number of aryl methyl sites for hydroxylation is 1. The Morgan fingerprint density at radius 3 is 2.62 bits per heavy atom. The summed E-state index contributed by atoms with van der Waals surface area (Å²) in [6, 6.07) is 5.47. The molecule has 2 saturated heterocycles. The lowest BCUT2D eigenvalue weighted by atomic mass is 9.70. The molecule has 0 aromatic heterocycles. The summed E-state index contributed by atoms with van der Waals surface area (Å²) < 4.78 is 0. The van der Waals surface area contributed by atoms with Crippen LogP contribution in [0.5, 0.6) is 5.75 Å². The maximum atomic E-state index is 12.7. The molecule has 1 aromatic rings. The highest BCUT2D eigenvalue weighted by Gasteiger charge is 2.45. The number of benzene rings is 1. The third kappa shape index (κ3) is 4.85. The minimum Gasteiger partial charge on any atom is -0.508 e. The lowest BCUT2D eigenvalue weighted by Gasteiger charge is -2.43. The first-order chi connectivity index (χ1) is 15.4. The van der Waals surface area contributed by atoms with E-state index < -0.39 is 0 Å². The van der Waals surface area contributed by atoms with Gasteiger partial charge < -0.3 is 15.3 Å². The minimum atomic E-state index is -0.128. The van der Waals surface area contributed by atoms with Gasteiger partial charge in [0.15, 0.2) is 0 Å². The molecule has 3 fully saturated rings. The number of phenols is 1. The molecule has 1 saturated carbocycles. The summed E-state index contributed by atoms with van der Waals surface area (Å²) in [7, 11) is 2.12. The predicted molar refractivity (Wildman–Crippen MR) is 126 cm³/mol. The van der Waals surface area contributed by atoms with Crippen molar-refractivity contribution in [2.45, 2.75) is 57.9 Å². The Morgan fingerprint density at radius 2 is 1.94 bits per heavy atom. The Morgan fingerprint density at radius 1 is 1.16 bits per heavy atom. The molecule has 6 nitrogen and oxygen atoms in total. The van der Waals surface area contributed by atoms with Crippen LogP contribution in [-0.4, -0.2) is 66.0 Å². The van der Waals surface area contributed by atoms with Crippen molar-refractivity contribution in [1.29, 1.82) is 0 Å². The molecule has 2 unspecified atom stereocenters. The number of piperidine rings is 1. The summed E-state index contributed by atoms with van der Waals surface area (Å²) in [5, 5.41) is 13.0. The normalized spacial score (nSPS) is 25.6. The van der Waals surface area contributed by atoms with Crippen LogP contribution in [0.4, 0.5) is 0 Å². The van der Waals surface area contributed by atoms with E-state index in [9.17, 15) is 14.7 Å². The number of carbonyl (C=O) groups is 2. The van der Waals surface area contributed by atoms with Crippen LogP contribution < -0.4 is 5.32 Å². The van der Waals surface area contributed by atoms with E-state index in [1.807, 2.05) is 11.8 Å². The van der Waals surface area contributed by atoms with Crippen molar-refractivity contribution in [2.75, 3.05) is 33.2 Å². The molecule has 3 aliphatic rings. The highest BCUT2D eigenvalue weighted by atomic mass is 16.3. The second kappa shape index (κ2) is 9.65. The number of carbonyl (C=O) groups excluding carboxylic acids is 2. The molecule has 0 radical (unpaired) electrons. The maximum absolute atomic E-state index is 12.7. The van der Waals surface area contributed by atoms with Crippen LogP contribution in [0.3, 0.4) is 0 Å². The summed E-state index contributed by atoms with van der Waals surface area (Å²) >= 11 is 0. The molecule has 32 heavy (non-hydrogen) atoms. The first-order valence-electron chi connectivity index (χ1n) is 12.1. The van der Waals surface area contributed by atoms with Gasteiger partial charge in [0.05, 0.1) is 0 Å². The molecular weight excluding hydrogens is 402 g/mol. The fourth-order valence-corrected chi connectivity index (χ4v) is 5.91. The third-order valence-corrected chi connectivity index (χ3v) is 8.18. The SMILES string of the molecule is Cc1ccc(C(=O)NCC2CCCC23CCN(C(=O)/C=C/C2CCCN2C)CC3)cc1O. The van der Waals surface area contributed by atoms with Gasteiger partial charge in [-0.15, -0.1) is 0 Å². The lowest BCUT2D eigenvalue weighted by molar-refractivity contribution is -0.128. The number of nitrogens with zero attached hydrogens (tertiary/aromatic N) is 2. The second-order valence-corrected chi connectivity index (χ2v) is 10.0. The first-order valence-corrected chi connectivity index (χ1v) is 12.1. The Kier molecular flexibility index (Phi) is 6.89. The fraction of sp³-hybridized carbons (Fsp3) is 0.615. The van der Waals surface area contributed by atoms with Crippen LogP contribution in [0.1, 0.15) is 60.9 Å². The second-order valence-electron chi connectivity index (χ2n) is 10.0. The smallest absolute Gasteiger partial charge is 0.251 e. The quantitative estimate of drug-likeness (QED) is 0.689. The number of phenolic OH excluding ortho intramolecular Hbond substituents is 1. The number of hydrogen-bond donors (Lipinski definition) is 2. The largest absolute Gasteiger partial charge is 0.508 e. The molecule has 174 valence electrons. The average molecular weight is 440 g/mol. The third-order valence-electron chi connectivity index (χ3n) is 8.18. The van der Waals surface area contributed by atoms with E-state index in [4.69, 9.17) is 0 Å². The Balaban J connectivity index is 1.29. The standard InChI is InChI=1S/C26H37N3O3/c1-19-7-8-20(17-23(19)30)25(32)27-18-21-5-3-11-26(21)12-15-29(16-13-26)24(31)10-9-22-6-4-14-28(22)2/h7-10,17,21-22,30H,3-6,11-16,18H2,1-2H3,(H,27,32)/b10-9+. The zero-order chi connectivity index (χ0) is 22.7. The van der Waals surface area contributed by atoms with Crippen molar-refractivity contribution in [2.24, 2.45) is 11.3 Å². The number of rotatable bonds is 5. The molecule has 4 rings (SSSR count). The van der Waals surface area contributed by atoms with Crippen LogP contribution in [0.2, 0.25) is 0 Å². The molecule has 2 N–H and O–H groups in total. The first kappa shape index (κ1) is 22.8. The topological polar surface area (TPSA) is 72.9 Å². The zero-order valence-electron chi connectivity index (χ0n) is 19.5. The summed E-state index contributed by atoms with van der Waals surface area (Å²) in [6.07, 6.45) is 11.7. The van der Waals surface area contributed by atoms with E-state index in [0.717, 1.165) is 50.9 Å². The average Bonchev–Trinajstić information content (AvgIpc) is 3.38. The molecule has 2 heterocycles. The lowest BCUT2D eigenvalue weighted by Crippen LogP contribution is -2.46. The Hall–Kier alpha value is -2.34. The molecule has 0 bridgehead atoms. The highest BCUT2D eigenvalue weighted by molar-refractivity contribution is 5.94. The summed E-state index contributed by atoms with van der Waals surface area (Å²) in [5.74, 6) is 0.616. The summed E-state index contributed by atoms with van der Waals surface area (Å²) in [4.78, 5) is 29.6. The van der Waals surface area contributed by atoms with E-state index in [-0.39, 0.29) is 23.0 Å². The van der Waals surface area contributed by atoms with Crippen molar-refractivity contribution in [3.05, 3.63) is 41.5 Å². The number of likely N-dealkylation sites (N-methyl/N-ethyl adjacent to an activating group) is 1. The van der Waals surface area contributed by atoms with E-state index in [0.29, 0.717) is 24.1 Å². The van der Waals surface area contributed by atoms with Crippen molar-refractivity contribution < 1.29 is 14.7 Å². The molecule has 2 atom stereocenters. The van der Waals surface area contributed by atoms with Gasteiger partial charge in [0, 0.05) is 37.3 Å². The van der Waals surface area contributed by atoms with Crippen molar-refractivity contribution >= 4 is 11.8 Å². The summed E-state index contributed by atoms with van der Waals surface area (Å²) in [6.45, 7) is 5.20. The van der Waals surface area contributed by atoms with Gasteiger partial charge in [0.1, 0.15) is 5.75 Å². The van der Waals surface area contributed by atoms with Gasteiger partial charge in [-0.3, -0.25) is 14.5 Å². The van der Waals surface area contributed by atoms with Gasteiger partial charge in [0.25, 0.3) is 5.91 Å². The van der Waals surface area contributed by atoms with Gasteiger partial charge >= 0.3 is 0 Å². The van der Waals surface area contributed by atoms with Gasteiger partial charge in [0.2, 0.25) is 5.91 Å². The summed E-state index contributed by atoms with van der Waals surface area (Å²) in [5.41, 5.74) is 1.50. The number of aromatic hydroxyl groups is 1. The monoisotopic (exact) mass is 439 g/mol. The van der Waals surface area contributed by atoms with Crippen LogP contribution in [0, 0.1) is 18.3 Å². The van der Waals surface area contributed by atoms with Crippen LogP contribution in [0.25, 0.3) is 0 Å². The van der Waals surface area contributed by atoms with Gasteiger partial charge in [-0.05, 0) is 88.1 Å². The number of likely N-dealkylation sites (tertiary alicyclic amines) is 2. The Labute approximate surface area is 191 Å². The number of nitrogens with one attached hydrogen (secondary N) is 1. The maximum Gasteiger partial charge on any atom is 0.251 e. The van der Waals surface area contributed by atoms with Crippen molar-refractivity contribution in [3.8, 4) is 5.75 Å². The van der Waals surface area contributed by atoms with Crippen molar-refractivity contribution in [1.82, 2.24) is 15.1 Å². The van der Waals surface area contributed by atoms with Crippen LogP contribution in [-0.2, 0) is 4.79 Å². The highest BCUT2D eigenvalue weighted by Crippen LogP contribution is 2.50. The number of hydrogen-bond acceptors (Lipinski definition) is 4. The molecular formula is C26H37N3O3. The molecule has 1 aromatic carbocycles. The van der Waals surface area contributed by atoms with Gasteiger partial charge in [-0.25, -0.2) is 0 Å². The zero-order valence-corrected chi connectivity index (χ0v) is 19.5. The van der Waals surface area contributed by atoms with Crippen LogP contribution >= 0.6 is 0 Å².